The zero-order valence-corrected chi connectivity index (χ0v) is 14.9. The Hall–Kier alpha value is -2.04. The predicted molar refractivity (Wildman–Crippen MR) is 91.2 cm³/mol. The summed E-state index contributed by atoms with van der Waals surface area (Å²) < 4.78 is 5.40. The number of hydrogen-bond acceptors (Lipinski definition) is 3. The smallest absolute Gasteiger partial charge is 0.242 e. The van der Waals surface area contributed by atoms with Crippen molar-refractivity contribution in [2.24, 2.45) is 5.41 Å². The monoisotopic (exact) mass is 320 g/mol. The largest absolute Gasteiger partial charge is 0.494 e. The molecule has 0 spiro atoms. The van der Waals surface area contributed by atoms with Gasteiger partial charge in [-0.2, -0.15) is 0 Å². The summed E-state index contributed by atoms with van der Waals surface area (Å²) in [5.41, 5.74) is 0.464. The van der Waals surface area contributed by atoms with E-state index in [1.165, 1.54) is 0 Å². The summed E-state index contributed by atoms with van der Waals surface area (Å²) in [5, 5.41) is 5.64. The van der Waals surface area contributed by atoms with E-state index in [4.69, 9.17) is 4.74 Å². The maximum atomic E-state index is 12.2. The predicted octanol–water partition coefficient (Wildman–Crippen LogP) is 2.81. The number of rotatable bonds is 6. The lowest BCUT2D eigenvalue weighted by Gasteiger charge is -2.23. The first-order valence-electron chi connectivity index (χ1n) is 7.99. The Balaban J connectivity index is 2.60. The topological polar surface area (TPSA) is 67.4 Å². The van der Waals surface area contributed by atoms with E-state index in [0.717, 1.165) is 11.3 Å². The molecule has 0 radical (unpaired) electrons. The summed E-state index contributed by atoms with van der Waals surface area (Å²) in [6.07, 6.45) is 0. The third-order valence-corrected chi connectivity index (χ3v) is 3.47. The molecule has 5 nitrogen and oxygen atoms in total. The molecular weight excluding hydrogens is 292 g/mol. The highest BCUT2D eigenvalue weighted by Crippen LogP contribution is 2.18. The molecule has 1 rings (SSSR count). The van der Waals surface area contributed by atoms with Gasteiger partial charge in [0.1, 0.15) is 11.8 Å². The highest BCUT2D eigenvalue weighted by molar-refractivity contribution is 5.89. The van der Waals surface area contributed by atoms with Gasteiger partial charge in [-0.3, -0.25) is 9.59 Å². The molecule has 0 saturated heterocycles. The van der Waals surface area contributed by atoms with Gasteiger partial charge in [0.15, 0.2) is 0 Å². The Morgan fingerprint density at radius 1 is 1.09 bits per heavy atom. The number of ether oxygens (including phenoxy) is 1. The molecule has 2 unspecified atom stereocenters. The minimum Gasteiger partial charge on any atom is -0.494 e. The van der Waals surface area contributed by atoms with Crippen molar-refractivity contribution in [2.75, 3.05) is 6.61 Å². The Bertz CT molecular complexity index is 532. The van der Waals surface area contributed by atoms with Gasteiger partial charge in [-0.15, -0.1) is 0 Å². The van der Waals surface area contributed by atoms with Crippen molar-refractivity contribution in [3.8, 4) is 5.75 Å². The van der Waals surface area contributed by atoms with Crippen LogP contribution < -0.4 is 15.4 Å². The number of nitrogens with one attached hydrogen (secondary N) is 2. The Kier molecular flexibility index (Phi) is 6.61. The van der Waals surface area contributed by atoms with Gasteiger partial charge in [-0.05, 0) is 38.5 Å². The maximum absolute atomic E-state index is 12.2. The molecule has 0 aliphatic heterocycles. The first-order chi connectivity index (χ1) is 10.6. The maximum Gasteiger partial charge on any atom is 0.242 e. The van der Waals surface area contributed by atoms with Gasteiger partial charge in [0.2, 0.25) is 11.8 Å². The van der Waals surface area contributed by atoms with Crippen LogP contribution in [-0.4, -0.2) is 24.5 Å². The van der Waals surface area contributed by atoms with E-state index in [1.54, 1.807) is 6.92 Å². The Labute approximate surface area is 138 Å². The fourth-order valence-corrected chi connectivity index (χ4v) is 1.92. The second-order valence-corrected chi connectivity index (χ2v) is 6.68. The van der Waals surface area contributed by atoms with Crippen LogP contribution in [0.1, 0.15) is 53.1 Å². The standard InChI is InChI=1S/C18H28N2O3/c1-7-23-15-10-8-14(9-11-15)12(2)19-16(21)13(3)20-17(22)18(4,5)6/h8-13H,7H2,1-6H3,(H,19,21)(H,20,22). The van der Waals surface area contributed by atoms with E-state index >= 15 is 0 Å². The first-order valence-corrected chi connectivity index (χ1v) is 7.99. The van der Waals surface area contributed by atoms with E-state index in [9.17, 15) is 9.59 Å². The average molecular weight is 320 g/mol. The quantitative estimate of drug-likeness (QED) is 0.847. The molecule has 0 aromatic heterocycles. The van der Waals surface area contributed by atoms with E-state index in [2.05, 4.69) is 10.6 Å². The molecule has 2 N–H and O–H groups in total. The molecule has 128 valence electrons. The van der Waals surface area contributed by atoms with Crippen LogP contribution in [0, 0.1) is 5.41 Å². The molecule has 0 heterocycles. The van der Waals surface area contributed by atoms with Crippen molar-refractivity contribution in [1.29, 1.82) is 0 Å². The van der Waals surface area contributed by atoms with Gasteiger partial charge in [0, 0.05) is 5.41 Å². The molecule has 1 aromatic rings. The van der Waals surface area contributed by atoms with Crippen molar-refractivity contribution in [2.45, 2.75) is 53.6 Å². The molecule has 0 fully saturated rings. The van der Waals surface area contributed by atoms with Crippen LogP contribution in [0.25, 0.3) is 0 Å². The van der Waals surface area contributed by atoms with E-state index in [0.29, 0.717) is 6.61 Å². The van der Waals surface area contributed by atoms with Crippen molar-refractivity contribution >= 4 is 11.8 Å². The fraction of sp³-hybridized carbons (Fsp3) is 0.556. The number of benzene rings is 1. The third-order valence-electron chi connectivity index (χ3n) is 3.47. The minimum absolute atomic E-state index is 0.145. The number of hydrogen-bond donors (Lipinski definition) is 2. The highest BCUT2D eigenvalue weighted by atomic mass is 16.5. The van der Waals surface area contributed by atoms with Crippen molar-refractivity contribution in [1.82, 2.24) is 10.6 Å². The molecule has 1 aromatic carbocycles. The van der Waals surface area contributed by atoms with Gasteiger partial charge in [0.25, 0.3) is 0 Å². The van der Waals surface area contributed by atoms with Crippen molar-refractivity contribution in [3.05, 3.63) is 29.8 Å². The van der Waals surface area contributed by atoms with Crippen LogP contribution in [0.5, 0.6) is 5.75 Å². The van der Waals surface area contributed by atoms with Gasteiger partial charge in [-0.25, -0.2) is 0 Å². The first kappa shape index (κ1) is 19.0. The van der Waals surface area contributed by atoms with Crippen LogP contribution in [0.3, 0.4) is 0 Å². The van der Waals surface area contributed by atoms with Gasteiger partial charge >= 0.3 is 0 Å². The minimum atomic E-state index is -0.577. The number of carbonyl (C=O) groups excluding carboxylic acids is 2. The van der Waals surface area contributed by atoms with Crippen LogP contribution >= 0.6 is 0 Å². The molecule has 2 atom stereocenters. The lowest BCUT2D eigenvalue weighted by Crippen LogP contribution is -2.48. The van der Waals surface area contributed by atoms with Crippen LogP contribution in [-0.2, 0) is 9.59 Å². The van der Waals surface area contributed by atoms with Crippen LogP contribution in [0.4, 0.5) is 0 Å². The van der Waals surface area contributed by atoms with Crippen molar-refractivity contribution in [3.63, 3.8) is 0 Å². The Morgan fingerprint density at radius 3 is 2.13 bits per heavy atom. The van der Waals surface area contributed by atoms with Gasteiger partial charge < -0.3 is 15.4 Å². The molecule has 0 aliphatic carbocycles. The van der Waals surface area contributed by atoms with Crippen molar-refractivity contribution < 1.29 is 14.3 Å². The van der Waals surface area contributed by atoms with E-state index in [-0.39, 0.29) is 17.9 Å². The number of amides is 2. The summed E-state index contributed by atoms with van der Waals surface area (Å²) in [6, 6.07) is 6.89. The van der Waals surface area contributed by atoms with Crippen LogP contribution in [0.2, 0.25) is 0 Å². The summed E-state index contributed by atoms with van der Waals surface area (Å²) in [5.74, 6) is 0.457. The summed E-state index contributed by atoms with van der Waals surface area (Å²) in [7, 11) is 0. The molecule has 5 heteroatoms. The molecule has 23 heavy (non-hydrogen) atoms. The number of carbonyl (C=O) groups is 2. The SMILES string of the molecule is CCOc1ccc(C(C)NC(=O)C(C)NC(=O)C(C)(C)C)cc1. The lowest BCUT2D eigenvalue weighted by molar-refractivity contribution is -0.133. The Morgan fingerprint density at radius 2 is 1.65 bits per heavy atom. The van der Waals surface area contributed by atoms with E-state index in [1.807, 2.05) is 58.9 Å². The van der Waals surface area contributed by atoms with Gasteiger partial charge in [-0.1, -0.05) is 32.9 Å². The summed E-state index contributed by atoms with van der Waals surface area (Å²) >= 11 is 0. The zero-order chi connectivity index (χ0) is 17.6. The third kappa shape index (κ3) is 5.93. The van der Waals surface area contributed by atoms with Crippen LogP contribution in [0.15, 0.2) is 24.3 Å². The molecule has 0 saturated carbocycles. The second-order valence-electron chi connectivity index (χ2n) is 6.68. The second kappa shape index (κ2) is 7.99. The summed E-state index contributed by atoms with van der Waals surface area (Å²) in [6.45, 7) is 11.6. The van der Waals surface area contributed by atoms with E-state index < -0.39 is 11.5 Å². The average Bonchev–Trinajstić information content (AvgIpc) is 2.47. The van der Waals surface area contributed by atoms with Gasteiger partial charge in [0.05, 0.1) is 12.6 Å². The molecule has 2 amide bonds. The lowest BCUT2D eigenvalue weighted by atomic mass is 9.95. The zero-order valence-electron chi connectivity index (χ0n) is 14.9. The fourth-order valence-electron chi connectivity index (χ4n) is 1.92. The molecule has 0 bridgehead atoms. The normalized spacial score (nSPS) is 13.8. The molecular formula is C18H28N2O3. The summed E-state index contributed by atoms with van der Waals surface area (Å²) in [4.78, 5) is 24.1. The molecule has 0 aliphatic rings. The highest BCUT2D eigenvalue weighted by Gasteiger charge is 2.25.